The summed E-state index contributed by atoms with van der Waals surface area (Å²) >= 11 is 0. The summed E-state index contributed by atoms with van der Waals surface area (Å²) in [6, 6.07) is 5.07. The van der Waals surface area contributed by atoms with Crippen molar-refractivity contribution in [1.29, 1.82) is 0 Å². The van der Waals surface area contributed by atoms with Crippen LogP contribution in [0.15, 0.2) is 30.4 Å². The number of halogens is 1. The Hall–Kier alpha value is -1.19. The molecular weight excluding hydrogens is 215 g/mol. The lowest BCUT2D eigenvalue weighted by Crippen LogP contribution is -2.25. The monoisotopic (exact) mass is 236 g/mol. The predicted molar refractivity (Wildman–Crippen MR) is 70.1 cm³/mol. The first-order valence-corrected chi connectivity index (χ1v) is 5.91. The van der Waals surface area contributed by atoms with Crippen molar-refractivity contribution in [3.8, 4) is 0 Å². The normalized spacial score (nSPS) is 10.9. The van der Waals surface area contributed by atoms with Gasteiger partial charge in [0.1, 0.15) is 5.82 Å². The molecule has 1 rings (SSSR count). The summed E-state index contributed by atoms with van der Waals surface area (Å²) in [4.78, 5) is 2.15. The van der Waals surface area contributed by atoms with Crippen LogP contribution in [0.3, 0.4) is 0 Å². The van der Waals surface area contributed by atoms with Crippen molar-refractivity contribution in [3.05, 3.63) is 47.3 Å². The van der Waals surface area contributed by atoms with Crippen molar-refractivity contribution in [2.75, 3.05) is 13.1 Å². The Kier molecular flexibility index (Phi) is 5.32. The zero-order valence-corrected chi connectivity index (χ0v) is 10.7. The number of likely N-dealkylation sites (N-methyl/N-ethyl adjacent to an activating group) is 1. The molecule has 0 aliphatic carbocycles. The summed E-state index contributed by atoms with van der Waals surface area (Å²) < 4.78 is 13.7. The molecule has 0 radical (unpaired) electrons. The molecular formula is C14H21FN2. The molecule has 17 heavy (non-hydrogen) atoms. The molecule has 0 aliphatic heterocycles. The molecule has 0 spiro atoms. The van der Waals surface area contributed by atoms with Crippen molar-refractivity contribution in [2.45, 2.75) is 26.9 Å². The minimum atomic E-state index is -0.164. The highest BCUT2D eigenvalue weighted by Gasteiger charge is 2.08. The largest absolute Gasteiger partial charge is 0.326 e. The third-order valence-corrected chi connectivity index (χ3v) is 2.68. The molecule has 0 aliphatic rings. The van der Waals surface area contributed by atoms with Gasteiger partial charge in [-0.3, -0.25) is 4.90 Å². The standard InChI is InChI=1S/C14H21FN2/c1-4-17(9-11(2)3)10-13-7-12(8-16)5-6-14(13)15/h5-7H,2,4,8-10,16H2,1,3H3. The lowest BCUT2D eigenvalue weighted by molar-refractivity contribution is 0.299. The summed E-state index contributed by atoms with van der Waals surface area (Å²) in [6.45, 7) is 10.6. The van der Waals surface area contributed by atoms with Gasteiger partial charge in [0, 0.05) is 25.2 Å². The zero-order valence-electron chi connectivity index (χ0n) is 10.7. The van der Waals surface area contributed by atoms with Gasteiger partial charge in [-0.1, -0.05) is 31.2 Å². The van der Waals surface area contributed by atoms with Crippen LogP contribution < -0.4 is 5.73 Å². The minimum Gasteiger partial charge on any atom is -0.326 e. The van der Waals surface area contributed by atoms with E-state index in [9.17, 15) is 4.39 Å². The second-order valence-electron chi connectivity index (χ2n) is 4.39. The molecule has 0 amide bonds. The fraction of sp³-hybridized carbons (Fsp3) is 0.429. The molecule has 0 unspecified atom stereocenters. The van der Waals surface area contributed by atoms with Gasteiger partial charge in [-0.2, -0.15) is 0 Å². The molecule has 1 aromatic rings. The summed E-state index contributed by atoms with van der Waals surface area (Å²) in [7, 11) is 0. The maximum absolute atomic E-state index is 13.7. The van der Waals surface area contributed by atoms with Crippen LogP contribution in [0, 0.1) is 5.82 Å². The van der Waals surface area contributed by atoms with Gasteiger partial charge in [0.25, 0.3) is 0 Å². The van der Waals surface area contributed by atoms with Crippen LogP contribution >= 0.6 is 0 Å². The maximum atomic E-state index is 13.7. The van der Waals surface area contributed by atoms with E-state index in [2.05, 4.69) is 18.4 Å². The van der Waals surface area contributed by atoms with Gasteiger partial charge in [-0.05, 0) is 25.1 Å². The number of nitrogens with zero attached hydrogens (tertiary/aromatic N) is 1. The molecule has 0 atom stereocenters. The highest BCUT2D eigenvalue weighted by Crippen LogP contribution is 2.13. The van der Waals surface area contributed by atoms with E-state index in [0.717, 1.165) is 24.2 Å². The maximum Gasteiger partial charge on any atom is 0.127 e. The molecule has 2 N–H and O–H groups in total. The SMILES string of the molecule is C=C(C)CN(CC)Cc1cc(CN)ccc1F. The average Bonchev–Trinajstić information content (AvgIpc) is 2.30. The topological polar surface area (TPSA) is 29.3 Å². The first-order valence-electron chi connectivity index (χ1n) is 5.91. The first kappa shape index (κ1) is 13.9. The Morgan fingerprint density at radius 3 is 2.71 bits per heavy atom. The van der Waals surface area contributed by atoms with Gasteiger partial charge in [0.2, 0.25) is 0 Å². The fourth-order valence-electron chi connectivity index (χ4n) is 1.78. The number of rotatable bonds is 6. The van der Waals surface area contributed by atoms with E-state index in [0.29, 0.717) is 18.7 Å². The second-order valence-corrected chi connectivity index (χ2v) is 4.39. The molecule has 0 saturated carbocycles. The van der Waals surface area contributed by atoms with Crippen LogP contribution in [0.2, 0.25) is 0 Å². The van der Waals surface area contributed by atoms with Gasteiger partial charge in [0.15, 0.2) is 0 Å². The summed E-state index contributed by atoms with van der Waals surface area (Å²) in [6.07, 6.45) is 0. The second kappa shape index (κ2) is 6.52. The lowest BCUT2D eigenvalue weighted by Gasteiger charge is -2.21. The van der Waals surface area contributed by atoms with Gasteiger partial charge >= 0.3 is 0 Å². The molecule has 3 heteroatoms. The molecule has 0 aromatic heterocycles. The molecule has 2 nitrogen and oxygen atoms in total. The highest BCUT2D eigenvalue weighted by molar-refractivity contribution is 5.25. The van der Waals surface area contributed by atoms with E-state index in [4.69, 9.17) is 5.73 Å². The van der Waals surface area contributed by atoms with Crippen LogP contribution in [0.4, 0.5) is 4.39 Å². The van der Waals surface area contributed by atoms with Crippen molar-refractivity contribution in [1.82, 2.24) is 4.90 Å². The van der Waals surface area contributed by atoms with Crippen molar-refractivity contribution < 1.29 is 4.39 Å². The van der Waals surface area contributed by atoms with Crippen LogP contribution in [-0.2, 0) is 13.1 Å². The number of nitrogens with two attached hydrogens (primary N) is 1. The first-order chi connectivity index (χ1) is 8.06. The van der Waals surface area contributed by atoms with Gasteiger partial charge < -0.3 is 5.73 Å². The van der Waals surface area contributed by atoms with Crippen molar-refractivity contribution in [3.63, 3.8) is 0 Å². The third-order valence-electron chi connectivity index (χ3n) is 2.68. The molecule has 0 bridgehead atoms. The molecule has 94 valence electrons. The van der Waals surface area contributed by atoms with Gasteiger partial charge in [0.05, 0.1) is 0 Å². The summed E-state index contributed by atoms with van der Waals surface area (Å²) in [5.41, 5.74) is 8.32. The van der Waals surface area contributed by atoms with E-state index < -0.39 is 0 Å². The van der Waals surface area contributed by atoms with Gasteiger partial charge in [-0.25, -0.2) is 4.39 Å². The van der Waals surface area contributed by atoms with Crippen LogP contribution in [0.5, 0.6) is 0 Å². The van der Waals surface area contributed by atoms with E-state index in [1.165, 1.54) is 6.07 Å². The molecule has 0 fully saturated rings. The van der Waals surface area contributed by atoms with E-state index >= 15 is 0 Å². The number of benzene rings is 1. The lowest BCUT2D eigenvalue weighted by atomic mass is 10.1. The van der Waals surface area contributed by atoms with Gasteiger partial charge in [-0.15, -0.1) is 0 Å². The minimum absolute atomic E-state index is 0.164. The highest BCUT2D eigenvalue weighted by atomic mass is 19.1. The van der Waals surface area contributed by atoms with Crippen LogP contribution in [-0.4, -0.2) is 18.0 Å². The number of hydrogen-bond acceptors (Lipinski definition) is 2. The van der Waals surface area contributed by atoms with E-state index in [1.54, 1.807) is 6.07 Å². The number of hydrogen-bond donors (Lipinski definition) is 1. The van der Waals surface area contributed by atoms with Crippen molar-refractivity contribution in [2.24, 2.45) is 5.73 Å². The Balaban J connectivity index is 2.80. The van der Waals surface area contributed by atoms with E-state index in [1.807, 2.05) is 13.0 Å². The molecule has 0 saturated heterocycles. The Morgan fingerprint density at radius 2 is 2.18 bits per heavy atom. The van der Waals surface area contributed by atoms with Crippen LogP contribution in [0.1, 0.15) is 25.0 Å². The molecule has 1 aromatic carbocycles. The fourth-order valence-corrected chi connectivity index (χ4v) is 1.78. The van der Waals surface area contributed by atoms with Crippen molar-refractivity contribution >= 4 is 0 Å². The average molecular weight is 236 g/mol. The third kappa shape index (κ3) is 4.29. The summed E-state index contributed by atoms with van der Waals surface area (Å²) in [5, 5.41) is 0. The summed E-state index contributed by atoms with van der Waals surface area (Å²) in [5.74, 6) is -0.164. The predicted octanol–water partition coefficient (Wildman–Crippen LogP) is 2.68. The molecule has 0 heterocycles. The zero-order chi connectivity index (χ0) is 12.8. The van der Waals surface area contributed by atoms with Crippen LogP contribution in [0.25, 0.3) is 0 Å². The Bertz CT molecular complexity index is 388. The van der Waals surface area contributed by atoms with E-state index in [-0.39, 0.29) is 5.82 Å². The smallest absolute Gasteiger partial charge is 0.127 e. The quantitative estimate of drug-likeness (QED) is 0.769. The Labute approximate surface area is 103 Å². The Morgan fingerprint density at radius 1 is 1.47 bits per heavy atom.